The lowest BCUT2D eigenvalue weighted by Gasteiger charge is -2.36. The first-order valence-corrected chi connectivity index (χ1v) is 14.0. The monoisotopic (exact) mass is 591 g/mol. The Morgan fingerprint density at radius 2 is 1.88 bits per heavy atom. The maximum absolute atomic E-state index is 13.4. The van der Waals surface area contributed by atoms with Crippen LogP contribution in [0.25, 0.3) is 5.57 Å². The number of amides is 1. The van der Waals surface area contributed by atoms with Gasteiger partial charge in [0, 0.05) is 49.1 Å². The number of nitrogens with zero attached hydrogens (tertiary/aromatic N) is 3. The third kappa shape index (κ3) is 8.41. The van der Waals surface area contributed by atoms with Gasteiger partial charge in [0.15, 0.2) is 0 Å². The van der Waals surface area contributed by atoms with Crippen LogP contribution >= 0.6 is 0 Å². The van der Waals surface area contributed by atoms with Gasteiger partial charge in [0.25, 0.3) is 5.69 Å². The number of allylic oxidation sites excluding steroid dienone is 1. The molecule has 2 aromatic carbocycles. The summed E-state index contributed by atoms with van der Waals surface area (Å²) in [5, 5.41) is 46.8. The number of aliphatic carboxylic acids is 1. The molecule has 0 saturated carbocycles. The van der Waals surface area contributed by atoms with Gasteiger partial charge in [0.1, 0.15) is 24.5 Å². The number of para-hydroxylation sites is 1. The van der Waals surface area contributed by atoms with Crippen molar-refractivity contribution in [2.24, 2.45) is 0 Å². The molecule has 3 rings (SSSR count). The van der Waals surface area contributed by atoms with Crippen LogP contribution in [-0.2, 0) is 9.59 Å². The Morgan fingerprint density at radius 3 is 2.58 bits per heavy atom. The number of benzene rings is 2. The van der Waals surface area contributed by atoms with E-state index in [0.717, 1.165) is 12.8 Å². The minimum Gasteiger partial charge on any atom is -0.489 e. The van der Waals surface area contributed by atoms with Gasteiger partial charge in [-0.1, -0.05) is 30.7 Å². The molecule has 0 spiro atoms. The number of hydrogen-bond acceptors (Lipinski definition) is 9. The number of aliphatic hydroxyl groups excluding tert-OH is 1. The zero-order valence-electron chi connectivity index (χ0n) is 24.5. The van der Waals surface area contributed by atoms with Crippen molar-refractivity contribution in [1.82, 2.24) is 15.5 Å². The van der Waals surface area contributed by atoms with Crippen molar-refractivity contribution < 1.29 is 29.5 Å². The lowest BCUT2D eigenvalue weighted by atomic mass is 9.84. The van der Waals surface area contributed by atoms with Crippen LogP contribution < -0.4 is 15.4 Å². The van der Waals surface area contributed by atoms with Crippen LogP contribution in [-0.4, -0.2) is 77.3 Å². The van der Waals surface area contributed by atoms with Crippen LogP contribution in [0.4, 0.5) is 5.69 Å². The Morgan fingerprint density at radius 1 is 1.16 bits per heavy atom. The molecular formula is C31H37N5O7. The Labute approximate surface area is 250 Å². The van der Waals surface area contributed by atoms with E-state index >= 15 is 0 Å². The van der Waals surface area contributed by atoms with Crippen molar-refractivity contribution in [3.63, 3.8) is 0 Å². The molecule has 43 heavy (non-hydrogen) atoms. The quantitative estimate of drug-likeness (QED) is 0.137. The van der Waals surface area contributed by atoms with E-state index in [9.17, 15) is 29.9 Å². The summed E-state index contributed by atoms with van der Waals surface area (Å²) >= 11 is 0. The van der Waals surface area contributed by atoms with Gasteiger partial charge < -0.3 is 30.5 Å². The molecule has 0 fully saturated rings. The summed E-state index contributed by atoms with van der Waals surface area (Å²) in [6.07, 6.45) is 1.52. The molecule has 1 heterocycles. The van der Waals surface area contributed by atoms with Crippen molar-refractivity contribution >= 4 is 23.1 Å². The van der Waals surface area contributed by atoms with E-state index in [1.54, 1.807) is 56.1 Å². The molecule has 0 aliphatic carbocycles. The van der Waals surface area contributed by atoms with E-state index in [1.165, 1.54) is 18.2 Å². The summed E-state index contributed by atoms with van der Waals surface area (Å²) < 4.78 is 5.54. The Balaban J connectivity index is 1.54. The largest absolute Gasteiger partial charge is 0.489 e. The number of hydrogen-bond donors (Lipinski definition) is 4. The van der Waals surface area contributed by atoms with Gasteiger partial charge in [0.2, 0.25) is 5.91 Å². The number of rotatable bonds is 15. The minimum atomic E-state index is -1.22. The second-order valence-corrected chi connectivity index (χ2v) is 10.2. The van der Waals surface area contributed by atoms with Gasteiger partial charge in [-0.05, 0) is 50.9 Å². The lowest BCUT2D eigenvalue weighted by molar-refractivity contribution is -0.384. The summed E-state index contributed by atoms with van der Waals surface area (Å²) in [5.74, 6) is -1.22. The highest BCUT2D eigenvalue weighted by atomic mass is 16.6. The smallest absolute Gasteiger partial charge is 0.338 e. The topological polar surface area (TPSA) is 178 Å². The van der Waals surface area contributed by atoms with Gasteiger partial charge in [-0.2, -0.15) is 5.26 Å². The van der Waals surface area contributed by atoms with E-state index < -0.39 is 28.9 Å². The summed E-state index contributed by atoms with van der Waals surface area (Å²) in [6, 6.07) is 14.1. The Bertz CT molecular complexity index is 1450. The summed E-state index contributed by atoms with van der Waals surface area (Å²) in [6.45, 7) is 4.83. The second-order valence-electron chi connectivity index (χ2n) is 10.2. The highest BCUT2D eigenvalue weighted by molar-refractivity contribution is 6.15. The molecule has 0 aromatic heterocycles. The third-order valence-electron chi connectivity index (χ3n) is 7.35. The van der Waals surface area contributed by atoms with Gasteiger partial charge in [-0.25, -0.2) is 4.79 Å². The van der Waals surface area contributed by atoms with Crippen LogP contribution in [0.2, 0.25) is 0 Å². The fourth-order valence-electron chi connectivity index (χ4n) is 4.87. The molecule has 0 radical (unpaired) electrons. The van der Waals surface area contributed by atoms with Crippen molar-refractivity contribution in [2.45, 2.75) is 45.3 Å². The number of likely N-dealkylation sites (N-methyl/N-ethyl adjacent to an activating group) is 1. The number of carboxylic acid groups (broad SMARTS) is 1. The van der Waals surface area contributed by atoms with E-state index in [2.05, 4.69) is 10.6 Å². The molecule has 12 nitrogen and oxygen atoms in total. The summed E-state index contributed by atoms with van der Waals surface area (Å²) in [4.78, 5) is 38.3. The van der Waals surface area contributed by atoms with Crippen molar-refractivity contribution in [2.75, 3.05) is 33.3 Å². The third-order valence-corrected chi connectivity index (χ3v) is 7.35. The molecule has 1 aliphatic heterocycles. The van der Waals surface area contributed by atoms with Crippen molar-refractivity contribution in [3.05, 3.63) is 86.6 Å². The first kappa shape index (κ1) is 32.8. The molecule has 1 aliphatic rings. The molecule has 4 N–H and O–H groups in total. The highest BCUT2D eigenvalue weighted by Gasteiger charge is 2.36. The molecular weight excluding hydrogens is 554 g/mol. The van der Waals surface area contributed by atoms with Gasteiger partial charge in [-0.15, -0.1) is 0 Å². The van der Waals surface area contributed by atoms with E-state index in [0.29, 0.717) is 48.6 Å². The first-order chi connectivity index (χ1) is 20.6. The fourth-order valence-corrected chi connectivity index (χ4v) is 4.87. The van der Waals surface area contributed by atoms with Crippen LogP contribution in [0.3, 0.4) is 0 Å². The van der Waals surface area contributed by atoms with Crippen LogP contribution in [0.15, 0.2) is 65.4 Å². The number of non-ortho nitro benzene ring substituents is 1. The predicted octanol–water partition coefficient (Wildman–Crippen LogP) is 3.23. The van der Waals surface area contributed by atoms with E-state index in [-0.39, 0.29) is 29.0 Å². The molecule has 2 aromatic rings. The average Bonchev–Trinajstić information content (AvgIpc) is 2.99. The van der Waals surface area contributed by atoms with Gasteiger partial charge >= 0.3 is 5.97 Å². The number of nitriles is 1. The molecule has 2 unspecified atom stereocenters. The van der Waals surface area contributed by atoms with Crippen LogP contribution in [0.1, 0.15) is 44.2 Å². The number of carbonyl (C=O) groups excluding carboxylic acids is 1. The maximum atomic E-state index is 13.4. The molecule has 12 heteroatoms. The lowest BCUT2D eigenvalue weighted by Crippen LogP contribution is -2.42. The second kappa shape index (κ2) is 15.5. The zero-order valence-corrected chi connectivity index (χ0v) is 24.5. The Kier molecular flexibility index (Phi) is 11.8. The number of unbranched alkanes of at least 4 members (excludes halogenated alkanes) is 2. The van der Waals surface area contributed by atoms with Gasteiger partial charge in [-0.3, -0.25) is 14.9 Å². The van der Waals surface area contributed by atoms with Crippen LogP contribution in [0, 0.1) is 21.4 Å². The summed E-state index contributed by atoms with van der Waals surface area (Å²) in [7, 11) is 1.71. The minimum absolute atomic E-state index is 0.0534. The van der Waals surface area contributed by atoms with Gasteiger partial charge in [0.05, 0.1) is 22.1 Å². The molecule has 1 amide bonds. The van der Waals surface area contributed by atoms with E-state index in [4.69, 9.17) is 10.00 Å². The number of nitro groups is 1. The van der Waals surface area contributed by atoms with Crippen molar-refractivity contribution in [3.8, 4) is 11.8 Å². The molecule has 228 valence electrons. The zero-order chi connectivity index (χ0) is 31.5. The van der Waals surface area contributed by atoms with Crippen LogP contribution in [0.5, 0.6) is 5.75 Å². The highest BCUT2D eigenvalue weighted by Crippen LogP contribution is 2.38. The number of aliphatic hydroxyl groups is 1. The molecule has 2 atom stereocenters. The SMILES string of the molecule is CC1=C(C(=O)O)C(c2cccc([N+](=O)[O-])c2)=C(C(=O)NCCCCCNCC(O)COc2ccccc2C#N)C(C)N1C. The molecule has 0 saturated heterocycles. The number of carboxylic acids is 1. The van der Waals surface area contributed by atoms with Crippen molar-refractivity contribution in [1.29, 1.82) is 5.26 Å². The Hall–Kier alpha value is -4.73. The van der Waals surface area contributed by atoms with E-state index in [1.807, 2.05) is 6.07 Å². The maximum Gasteiger partial charge on any atom is 0.338 e. The number of nitro benzene ring substituents is 1. The standard InChI is InChI=1S/C31H37N5O7/c1-20-27(29(28(31(39)40)21(2)35(20)3)22-11-9-12-24(16-22)36(41)42)30(38)34-15-8-4-7-14-33-18-25(37)19-43-26-13-6-5-10-23(26)17-32/h5-6,9-13,16,20,25,33,37H,4,7-8,14-15,18-19H2,1-3H3,(H,34,38)(H,39,40). The first-order valence-electron chi connectivity index (χ1n) is 14.0. The predicted molar refractivity (Wildman–Crippen MR) is 160 cm³/mol. The summed E-state index contributed by atoms with van der Waals surface area (Å²) in [5.41, 5.74) is 1.31. The number of nitrogens with one attached hydrogen (secondary N) is 2. The molecule has 0 bridgehead atoms. The fraction of sp³-hybridized carbons (Fsp3) is 0.387. The number of carbonyl (C=O) groups is 2. The normalized spacial score (nSPS) is 15.6. The number of ether oxygens (including phenoxy) is 1. The average molecular weight is 592 g/mol.